The van der Waals surface area contributed by atoms with Crippen molar-refractivity contribution >= 4 is 5.91 Å². The second kappa shape index (κ2) is 15.3. The van der Waals surface area contributed by atoms with Crippen LogP contribution >= 0.6 is 0 Å². The predicted molar refractivity (Wildman–Crippen MR) is 160 cm³/mol. The predicted octanol–water partition coefficient (Wildman–Crippen LogP) is 7.65. The van der Waals surface area contributed by atoms with Gasteiger partial charge in [0.25, 0.3) is 0 Å². The highest BCUT2D eigenvalue weighted by molar-refractivity contribution is 5.78. The van der Waals surface area contributed by atoms with Gasteiger partial charge < -0.3 is 15.3 Å². The number of aliphatic hydroxyl groups excluding tert-OH is 1. The topological polar surface area (TPSA) is 76.4 Å². The number of amides is 1. The minimum Gasteiger partial charge on any atom is -0.516 e. The highest BCUT2D eigenvalue weighted by Crippen LogP contribution is 2.41. The standard InChI is InChI=1S/C30H35N3O2.C4H10/c1-2-28(13-19-34)32-29(35)12-14-30(15-17-33(18-16-30)22-23-6-7-23)27-10-8-25(9-11-27)26-5-3-4-24(20-26)21-31;1-3-4-2/h2-5,8-11,13,19-20,23,34H,6-7,12,14-18,22H2,1H3,(H,32,35);3-4H2,1-2H3/b19-13-,28-2+;. The zero-order valence-corrected chi connectivity index (χ0v) is 24.0. The molecular formula is C34H45N3O2. The number of piperidine rings is 1. The molecule has 0 radical (unpaired) electrons. The lowest BCUT2D eigenvalue weighted by Crippen LogP contribution is -2.44. The Labute approximate surface area is 235 Å². The van der Waals surface area contributed by atoms with Gasteiger partial charge in [-0.25, -0.2) is 0 Å². The van der Waals surface area contributed by atoms with Crippen LogP contribution in [0.4, 0.5) is 0 Å². The molecule has 1 aliphatic heterocycles. The summed E-state index contributed by atoms with van der Waals surface area (Å²) in [5, 5.41) is 21.2. The van der Waals surface area contributed by atoms with Crippen molar-refractivity contribution in [2.75, 3.05) is 19.6 Å². The summed E-state index contributed by atoms with van der Waals surface area (Å²) in [7, 11) is 0. The number of carbonyl (C=O) groups excluding carboxylic acids is 1. The smallest absolute Gasteiger partial charge is 0.224 e. The van der Waals surface area contributed by atoms with Crippen LogP contribution in [0.3, 0.4) is 0 Å². The van der Waals surface area contributed by atoms with E-state index in [2.05, 4.69) is 54.4 Å². The first-order chi connectivity index (χ1) is 19.0. The van der Waals surface area contributed by atoms with Gasteiger partial charge in [0.05, 0.1) is 17.9 Å². The monoisotopic (exact) mass is 527 g/mol. The number of hydrogen-bond donors (Lipinski definition) is 2. The van der Waals surface area contributed by atoms with Crippen molar-refractivity contribution in [3.63, 3.8) is 0 Å². The fourth-order valence-corrected chi connectivity index (χ4v) is 5.16. The van der Waals surface area contributed by atoms with E-state index in [0.717, 1.165) is 55.7 Å². The minimum atomic E-state index is -0.0344. The fourth-order valence-electron chi connectivity index (χ4n) is 5.16. The highest BCUT2D eigenvalue weighted by atomic mass is 16.2. The number of nitriles is 1. The molecule has 1 saturated heterocycles. The number of benzene rings is 2. The van der Waals surface area contributed by atoms with E-state index in [1.54, 1.807) is 6.08 Å². The number of allylic oxidation sites excluding steroid dienone is 2. The van der Waals surface area contributed by atoms with Crippen LogP contribution in [0.2, 0.25) is 0 Å². The third-order valence-electron chi connectivity index (χ3n) is 8.03. The summed E-state index contributed by atoms with van der Waals surface area (Å²) in [6.07, 6.45) is 12.9. The van der Waals surface area contributed by atoms with Crippen molar-refractivity contribution in [3.05, 3.63) is 83.8 Å². The summed E-state index contributed by atoms with van der Waals surface area (Å²) in [5.41, 5.74) is 4.66. The largest absolute Gasteiger partial charge is 0.516 e. The van der Waals surface area contributed by atoms with E-state index in [1.807, 2.05) is 31.2 Å². The molecule has 2 aliphatic rings. The Morgan fingerprint density at radius 2 is 1.79 bits per heavy atom. The maximum atomic E-state index is 12.7. The van der Waals surface area contributed by atoms with Crippen LogP contribution < -0.4 is 5.32 Å². The zero-order valence-electron chi connectivity index (χ0n) is 24.0. The Morgan fingerprint density at radius 3 is 2.36 bits per heavy atom. The molecule has 1 aliphatic carbocycles. The first-order valence-electron chi connectivity index (χ1n) is 14.6. The summed E-state index contributed by atoms with van der Waals surface area (Å²) in [6, 6.07) is 18.6. The average molecular weight is 528 g/mol. The van der Waals surface area contributed by atoms with Crippen molar-refractivity contribution < 1.29 is 9.90 Å². The zero-order chi connectivity index (χ0) is 28.1. The maximum Gasteiger partial charge on any atom is 0.224 e. The first-order valence-corrected chi connectivity index (χ1v) is 14.6. The van der Waals surface area contributed by atoms with Gasteiger partial charge in [-0.15, -0.1) is 0 Å². The van der Waals surface area contributed by atoms with E-state index >= 15 is 0 Å². The van der Waals surface area contributed by atoms with Crippen LogP contribution in [0.25, 0.3) is 11.1 Å². The molecule has 0 aromatic heterocycles. The molecule has 2 fully saturated rings. The summed E-state index contributed by atoms with van der Waals surface area (Å²) in [5.74, 6) is 0.858. The quantitative estimate of drug-likeness (QED) is 0.246. The number of carbonyl (C=O) groups is 1. The first kappa shape index (κ1) is 30.2. The number of nitrogens with zero attached hydrogens (tertiary/aromatic N) is 2. The molecule has 2 aromatic carbocycles. The molecule has 208 valence electrons. The fraction of sp³-hybridized carbons (Fsp3) is 0.471. The lowest BCUT2D eigenvalue weighted by molar-refractivity contribution is -0.120. The van der Waals surface area contributed by atoms with Crippen LogP contribution in [0.5, 0.6) is 0 Å². The van der Waals surface area contributed by atoms with Gasteiger partial charge in [0.15, 0.2) is 0 Å². The van der Waals surface area contributed by atoms with Crippen LogP contribution in [0.1, 0.15) is 83.3 Å². The molecule has 5 heteroatoms. The Morgan fingerprint density at radius 1 is 1.10 bits per heavy atom. The third kappa shape index (κ3) is 9.11. The van der Waals surface area contributed by atoms with E-state index in [-0.39, 0.29) is 11.3 Å². The number of rotatable bonds is 10. The van der Waals surface area contributed by atoms with E-state index in [4.69, 9.17) is 5.11 Å². The molecule has 0 unspecified atom stereocenters. The number of nitrogens with one attached hydrogen (secondary N) is 1. The SMILES string of the molecule is C/C=C(\C=C/O)NC(=O)CCC1(c2ccc(-c3cccc(C#N)c3)cc2)CCN(CC2CC2)CC1.CCCC. The van der Waals surface area contributed by atoms with Crippen molar-refractivity contribution in [1.29, 1.82) is 5.26 Å². The van der Waals surface area contributed by atoms with Crippen molar-refractivity contribution in [2.24, 2.45) is 5.92 Å². The number of hydrogen-bond acceptors (Lipinski definition) is 4. The van der Waals surface area contributed by atoms with Gasteiger partial charge >= 0.3 is 0 Å². The van der Waals surface area contributed by atoms with Gasteiger partial charge in [-0.1, -0.05) is 69.2 Å². The maximum absolute atomic E-state index is 12.7. The molecule has 4 rings (SSSR count). The molecule has 1 amide bonds. The molecule has 1 saturated carbocycles. The van der Waals surface area contributed by atoms with Gasteiger partial charge in [-0.05, 0) is 98.3 Å². The highest BCUT2D eigenvalue weighted by Gasteiger charge is 2.37. The molecule has 1 heterocycles. The third-order valence-corrected chi connectivity index (χ3v) is 8.03. The molecular weight excluding hydrogens is 482 g/mol. The number of unbranched alkanes of at least 4 members (excludes halogenated alkanes) is 1. The average Bonchev–Trinajstić information content (AvgIpc) is 3.81. The van der Waals surface area contributed by atoms with Gasteiger partial charge in [0.1, 0.15) is 0 Å². The second-order valence-electron chi connectivity index (χ2n) is 10.9. The van der Waals surface area contributed by atoms with Crippen LogP contribution in [0, 0.1) is 17.2 Å². The van der Waals surface area contributed by atoms with Gasteiger partial charge in [-0.3, -0.25) is 4.79 Å². The van der Waals surface area contributed by atoms with Crippen molar-refractivity contribution in [1.82, 2.24) is 10.2 Å². The molecule has 0 atom stereocenters. The van der Waals surface area contributed by atoms with Gasteiger partial charge in [0, 0.05) is 18.7 Å². The van der Waals surface area contributed by atoms with Crippen LogP contribution in [-0.4, -0.2) is 35.5 Å². The summed E-state index contributed by atoms with van der Waals surface area (Å²) >= 11 is 0. The van der Waals surface area contributed by atoms with E-state index in [0.29, 0.717) is 17.7 Å². The summed E-state index contributed by atoms with van der Waals surface area (Å²) < 4.78 is 0. The number of aliphatic hydroxyl groups is 1. The Bertz CT molecular complexity index is 1150. The minimum absolute atomic E-state index is 0.0269. The lowest BCUT2D eigenvalue weighted by atomic mass is 9.69. The molecule has 2 N–H and O–H groups in total. The lowest BCUT2D eigenvalue weighted by Gasteiger charge is -2.42. The molecule has 0 spiro atoms. The van der Waals surface area contributed by atoms with Crippen molar-refractivity contribution in [2.45, 2.75) is 77.6 Å². The Kier molecular flexibility index (Phi) is 11.8. The van der Waals surface area contributed by atoms with E-state index in [9.17, 15) is 10.1 Å². The molecule has 0 bridgehead atoms. The van der Waals surface area contributed by atoms with Gasteiger partial charge in [0.2, 0.25) is 5.91 Å². The number of likely N-dealkylation sites (tertiary alicyclic amines) is 1. The van der Waals surface area contributed by atoms with Crippen LogP contribution in [-0.2, 0) is 10.2 Å². The Hall–Kier alpha value is -3.36. The summed E-state index contributed by atoms with van der Waals surface area (Å²) in [4.78, 5) is 15.3. The molecule has 2 aromatic rings. The van der Waals surface area contributed by atoms with Gasteiger partial charge in [-0.2, -0.15) is 5.26 Å². The van der Waals surface area contributed by atoms with E-state index < -0.39 is 0 Å². The Balaban J connectivity index is 0.000000983. The van der Waals surface area contributed by atoms with Crippen LogP contribution in [0.15, 0.2) is 72.6 Å². The normalized spacial score (nSPS) is 17.2. The second-order valence-corrected chi connectivity index (χ2v) is 10.9. The van der Waals surface area contributed by atoms with E-state index in [1.165, 1.54) is 43.9 Å². The summed E-state index contributed by atoms with van der Waals surface area (Å²) in [6.45, 7) is 9.54. The molecule has 39 heavy (non-hydrogen) atoms. The van der Waals surface area contributed by atoms with Crippen molar-refractivity contribution in [3.8, 4) is 17.2 Å². The molecule has 5 nitrogen and oxygen atoms in total.